The van der Waals surface area contributed by atoms with Gasteiger partial charge in [-0.2, -0.15) is 5.10 Å². The van der Waals surface area contributed by atoms with Crippen LogP contribution in [0.4, 0.5) is 11.6 Å². The predicted octanol–water partition coefficient (Wildman–Crippen LogP) is 2.00. The second-order valence-corrected chi connectivity index (χ2v) is 7.71. The van der Waals surface area contributed by atoms with E-state index in [1.165, 1.54) is 0 Å². The fourth-order valence-electron chi connectivity index (χ4n) is 3.53. The fraction of sp³-hybridized carbons (Fsp3) is 0.348. The molecule has 3 heterocycles. The summed E-state index contributed by atoms with van der Waals surface area (Å²) in [4.78, 5) is 35.2. The van der Waals surface area contributed by atoms with Crippen molar-refractivity contribution in [2.24, 2.45) is 0 Å². The molecule has 2 amide bonds. The van der Waals surface area contributed by atoms with Crippen molar-refractivity contribution in [3.63, 3.8) is 0 Å². The summed E-state index contributed by atoms with van der Waals surface area (Å²) < 4.78 is 6.88. The molecule has 1 fully saturated rings. The second kappa shape index (κ2) is 10.2. The van der Waals surface area contributed by atoms with Gasteiger partial charge in [0.25, 0.3) is 5.91 Å². The quantitative estimate of drug-likeness (QED) is 0.567. The molecule has 4 rings (SSSR count). The molecule has 1 aliphatic heterocycles. The average molecular weight is 450 g/mol. The molecule has 0 aliphatic carbocycles. The summed E-state index contributed by atoms with van der Waals surface area (Å²) in [6, 6.07) is 7.31. The number of morpholine rings is 1. The topological polar surface area (TPSA) is 114 Å². The summed E-state index contributed by atoms with van der Waals surface area (Å²) in [5.41, 5.74) is 3.86. The highest BCUT2D eigenvalue weighted by atomic mass is 16.5. The third-order valence-corrected chi connectivity index (χ3v) is 5.28. The van der Waals surface area contributed by atoms with Gasteiger partial charge < -0.3 is 20.3 Å². The zero-order valence-electron chi connectivity index (χ0n) is 18.7. The lowest BCUT2D eigenvalue weighted by molar-refractivity contribution is -0.136. The zero-order chi connectivity index (χ0) is 23.2. The van der Waals surface area contributed by atoms with Crippen molar-refractivity contribution in [2.45, 2.75) is 20.4 Å². The Morgan fingerprint density at radius 2 is 1.88 bits per heavy atom. The van der Waals surface area contributed by atoms with E-state index in [0.29, 0.717) is 50.0 Å². The maximum atomic E-state index is 12.4. The second-order valence-electron chi connectivity index (χ2n) is 7.71. The number of carbonyl (C=O) groups is 2. The molecule has 0 atom stereocenters. The Morgan fingerprint density at radius 3 is 2.61 bits per heavy atom. The van der Waals surface area contributed by atoms with Crippen molar-refractivity contribution in [1.82, 2.24) is 30.0 Å². The number of amides is 2. The van der Waals surface area contributed by atoms with Gasteiger partial charge in [-0.05, 0) is 31.5 Å². The number of aryl methyl sites for hydroxylation is 1. The first kappa shape index (κ1) is 22.4. The van der Waals surface area contributed by atoms with E-state index in [2.05, 4.69) is 25.7 Å². The molecular weight excluding hydrogens is 422 g/mol. The Labute approximate surface area is 192 Å². The Hall–Kier alpha value is -3.79. The lowest BCUT2D eigenvalue weighted by atomic mass is 10.1. The standard InChI is InChI=1S/C23H27N7O3/c1-3-24-22(32)18-6-4-17(5-7-18)21-16(2)12-25-23(28-21)27-19-13-26-30(14-19)15-20(31)29-8-10-33-11-9-29/h4-7,12-14H,3,8-11,15H2,1-2H3,(H,24,32)(H,25,27,28). The predicted molar refractivity (Wildman–Crippen MR) is 123 cm³/mol. The maximum Gasteiger partial charge on any atom is 0.251 e. The number of benzene rings is 1. The van der Waals surface area contributed by atoms with Crippen molar-refractivity contribution in [2.75, 3.05) is 38.2 Å². The van der Waals surface area contributed by atoms with Crippen molar-refractivity contribution >= 4 is 23.5 Å². The molecule has 1 saturated heterocycles. The number of anilines is 2. The Kier molecular flexibility index (Phi) is 6.94. The minimum atomic E-state index is -0.102. The molecule has 1 aliphatic rings. The molecule has 33 heavy (non-hydrogen) atoms. The van der Waals surface area contributed by atoms with Gasteiger partial charge in [-0.15, -0.1) is 0 Å². The van der Waals surface area contributed by atoms with Crippen LogP contribution in [-0.4, -0.2) is 69.3 Å². The summed E-state index contributed by atoms with van der Waals surface area (Å²) in [7, 11) is 0. The first-order chi connectivity index (χ1) is 16.0. The molecule has 2 aromatic heterocycles. The normalized spacial score (nSPS) is 13.6. The van der Waals surface area contributed by atoms with Gasteiger partial charge in [0.1, 0.15) is 6.54 Å². The highest BCUT2D eigenvalue weighted by molar-refractivity contribution is 5.94. The number of ether oxygens (including phenoxy) is 1. The smallest absolute Gasteiger partial charge is 0.251 e. The summed E-state index contributed by atoms with van der Waals surface area (Å²) in [6.07, 6.45) is 5.13. The van der Waals surface area contributed by atoms with Crippen LogP contribution in [0.15, 0.2) is 42.9 Å². The number of carbonyl (C=O) groups excluding carboxylic acids is 2. The minimum Gasteiger partial charge on any atom is -0.378 e. The van der Waals surface area contributed by atoms with Crippen LogP contribution in [-0.2, 0) is 16.1 Å². The summed E-state index contributed by atoms with van der Waals surface area (Å²) in [5.74, 6) is 0.329. The van der Waals surface area contributed by atoms with Crippen LogP contribution in [0.5, 0.6) is 0 Å². The van der Waals surface area contributed by atoms with E-state index in [9.17, 15) is 9.59 Å². The monoisotopic (exact) mass is 449 g/mol. The van der Waals surface area contributed by atoms with Crippen LogP contribution < -0.4 is 10.6 Å². The fourth-order valence-corrected chi connectivity index (χ4v) is 3.53. The third-order valence-electron chi connectivity index (χ3n) is 5.28. The third kappa shape index (κ3) is 5.53. The summed E-state index contributed by atoms with van der Waals surface area (Å²) in [5, 5.41) is 10.2. The minimum absolute atomic E-state index is 0.0119. The summed E-state index contributed by atoms with van der Waals surface area (Å²) in [6.45, 7) is 6.92. The first-order valence-electron chi connectivity index (χ1n) is 10.9. The van der Waals surface area contributed by atoms with E-state index in [1.807, 2.05) is 26.0 Å². The molecule has 0 saturated carbocycles. The molecule has 0 spiro atoms. The molecule has 2 N–H and O–H groups in total. The van der Waals surface area contributed by atoms with E-state index in [4.69, 9.17) is 4.74 Å². The van der Waals surface area contributed by atoms with E-state index >= 15 is 0 Å². The van der Waals surface area contributed by atoms with Crippen LogP contribution in [0.1, 0.15) is 22.8 Å². The first-order valence-corrected chi connectivity index (χ1v) is 10.9. The lowest BCUT2D eigenvalue weighted by Crippen LogP contribution is -2.42. The molecule has 10 heteroatoms. The Morgan fingerprint density at radius 1 is 1.12 bits per heavy atom. The van der Waals surface area contributed by atoms with E-state index in [0.717, 1.165) is 16.8 Å². The number of rotatable bonds is 7. The number of aromatic nitrogens is 4. The van der Waals surface area contributed by atoms with Crippen LogP contribution >= 0.6 is 0 Å². The molecule has 172 valence electrons. The molecule has 0 radical (unpaired) electrons. The molecule has 10 nitrogen and oxygen atoms in total. The molecule has 1 aromatic carbocycles. The number of nitrogens with one attached hydrogen (secondary N) is 2. The number of nitrogens with zero attached hydrogens (tertiary/aromatic N) is 5. The lowest BCUT2D eigenvalue weighted by Gasteiger charge is -2.26. The molecule has 0 bridgehead atoms. The van der Waals surface area contributed by atoms with Gasteiger partial charge >= 0.3 is 0 Å². The van der Waals surface area contributed by atoms with Crippen molar-refractivity contribution in [1.29, 1.82) is 0 Å². The van der Waals surface area contributed by atoms with Gasteiger partial charge in [-0.1, -0.05) is 12.1 Å². The van der Waals surface area contributed by atoms with Crippen LogP contribution in [0.25, 0.3) is 11.3 Å². The largest absolute Gasteiger partial charge is 0.378 e. The van der Waals surface area contributed by atoms with E-state index in [-0.39, 0.29) is 18.4 Å². The number of hydrogen-bond acceptors (Lipinski definition) is 7. The summed E-state index contributed by atoms with van der Waals surface area (Å²) >= 11 is 0. The molecule has 3 aromatic rings. The molecular formula is C23H27N7O3. The highest BCUT2D eigenvalue weighted by Crippen LogP contribution is 2.23. The maximum absolute atomic E-state index is 12.4. The SMILES string of the molecule is CCNC(=O)c1ccc(-c2nc(Nc3cnn(CC(=O)N4CCOCC4)c3)ncc2C)cc1. The van der Waals surface area contributed by atoms with Crippen LogP contribution in [0.3, 0.4) is 0 Å². The Bertz CT molecular complexity index is 1120. The van der Waals surface area contributed by atoms with Crippen molar-refractivity contribution < 1.29 is 14.3 Å². The average Bonchev–Trinajstić information content (AvgIpc) is 3.27. The Balaban J connectivity index is 1.44. The van der Waals surface area contributed by atoms with Gasteiger partial charge in [0.15, 0.2) is 0 Å². The van der Waals surface area contributed by atoms with Gasteiger partial charge in [0.05, 0.1) is 30.8 Å². The van der Waals surface area contributed by atoms with Gasteiger partial charge in [-0.25, -0.2) is 9.97 Å². The number of hydrogen-bond donors (Lipinski definition) is 2. The van der Waals surface area contributed by atoms with E-state index < -0.39 is 0 Å². The van der Waals surface area contributed by atoms with Gasteiger partial charge in [-0.3, -0.25) is 14.3 Å². The van der Waals surface area contributed by atoms with Crippen molar-refractivity contribution in [3.8, 4) is 11.3 Å². The zero-order valence-corrected chi connectivity index (χ0v) is 18.7. The van der Waals surface area contributed by atoms with Gasteiger partial charge in [0, 0.05) is 43.2 Å². The van der Waals surface area contributed by atoms with E-state index in [1.54, 1.807) is 40.3 Å². The van der Waals surface area contributed by atoms with Crippen molar-refractivity contribution in [3.05, 3.63) is 54.0 Å². The van der Waals surface area contributed by atoms with Crippen LogP contribution in [0, 0.1) is 6.92 Å². The van der Waals surface area contributed by atoms with Gasteiger partial charge in [0.2, 0.25) is 11.9 Å². The van der Waals surface area contributed by atoms with Crippen LogP contribution in [0.2, 0.25) is 0 Å². The molecule has 0 unspecified atom stereocenters. The highest BCUT2D eigenvalue weighted by Gasteiger charge is 2.17.